The first-order valence-electron chi connectivity index (χ1n) is 9.40. The molecule has 6 heteroatoms. The van der Waals surface area contributed by atoms with Crippen molar-refractivity contribution in [2.24, 2.45) is 0 Å². The van der Waals surface area contributed by atoms with Gasteiger partial charge in [0.1, 0.15) is 5.82 Å². The average molecular weight is 385 g/mol. The van der Waals surface area contributed by atoms with Crippen molar-refractivity contribution in [1.29, 1.82) is 0 Å². The van der Waals surface area contributed by atoms with Gasteiger partial charge >= 0.3 is 0 Å². The number of amides is 1. The van der Waals surface area contributed by atoms with E-state index in [0.717, 1.165) is 39.5 Å². The number of H-pyrrole nitrogens is 1. The molecule has 3 N–H and O–H groups in total. The van der Waals surface area contributed by atoms with Gasteiger partial charge in [-0.15, -0.1) is 0 Å². The minimum atomic E-state index is -0.163. The van der Waals surface area contributed by atoms with Gasteiger partial charge in [0.25, 0.3) is 5.91 Å². The van der Waals surface area contributed by atoms with Crippen molar-refractivity contribution in [3.05, 3.63) is 72.3 Å². The predicted molar refractivity (Wildman–Crippen MR) is 120 cm³/mol. The molecule has 0 saturated heterocycles. The first kappa shape index (κ1) is 18.6. The lowest BCUT2D eigenvalue weighted by Crippen LogP contribution is -2.11. The van der Waals surface area contributed by atoms with Crippen LogP contribution < -0.4 is 15.5 Å². The number of benzene rings is 3. The fraction of sp³-hybridized carbons (Fsp3) is 0.130. The Hall–Kier alpha value is -3.80. The van der Waals surface area contributed by atoms with Gasteiger partial charge in [0.15, 0.2) is 0 Å². The van der Waals surface area contributed by atoms with Crippen LogP contribution in [0.1, 0.15) is 10.4 Å². The van der Waals surface area contributed by atoms with Crippen LogP contribution in [-0.4, -0.2) is 37.0 Å². The fourth-order valence-electron chi connectivity index (χ4n) is 3.12. The topological polar surface area (TPSA) is 73.0 Å². The van der Waals surface area contributed by atoms with E-state index in [1.807, 2.05) is 63.6 Å². The van der Waals surface area contributed by atoms with Gasteiger partial charge in [-0.25, -0.2) is 4.98 Å². The summed E-state index contributed by atoms with van der Waals surface area (Å²) in [6.07, 6.45) is 0. The van der Waals surface area contributed by atoms with Crippen LogP contribution in [0.5, 0.6) is 0 Å². The predicted octanol–water partition coefficient (Wildman–Crippen LogP) is 4.59. The molecule has 0 saturated carbocycles. The average Bonchev–Trinajstić information content (AvgIpc) is 3.17. The molecule has 0 aliphatic rings. The van der Waals surface area contributed by atoms with Gasteiger partial charge in [-0.1, -0.05) is 0 Å². The molecular weight excluding hydrogens is 362 g/mol. The van der Waals surface area contributed by atoms with Gasteiger partial charge in [0.05, 0.1) is 11.0 Å². The summed E-state index contributed by atoms with van der Waals surface area (Å²) in [7, 11) is 5.88. The highest BCUT2D eigenvalue weighted by atomic mass is 16.1. The van der Waals surface area contributed by atoms with E-state index in [-0.39, 0.29) is 5.91 Å². The van der Waals surface area contributed by atoms with Crippen LogP contribution in [-0.2, 0) is 0 Å². The summed E-state index contributed by atoms with van der Waals surface area (Å²) in [4.78, 5) is 22.7. The first-order chi connectivity index (χ1) is 14.0. The second kappa shape index (κ2) is 7.67. The van der Waals surface area contributed by atoms with E-state index in [9.17, 15) is 4.79 Å². The summed E-state index contributed by atoms with van der Waals surface area (Å²) in [6, 6.07) is 21.3. The zero-order chi connectivity index (χ0) is 20.4. The van der Waals surface area contributed by atoms with Crippen LogP contribution in [0.2, 0.25) is 0 Å². The Labute approximate surface area is 169 Å². The van der Waals surface area contributed by atoms with Crippen molar-refractivity contribution in [3.8, 4) is 11.4 Å². The van der Waals surface area contributed by atoms with Crippen molar-refractivity contribution >= 4 is 34.0 Å². The molecule has 4 aromatic rings. The molecule has 0 spiro atoms. The van der Waals surface area contributed by atoms with Crippen LogP contribution in [0.15, 0.2) is 66.7 Å². The minimum absolute atomic E-state index is 0.163. The quantitative estimate of drug-likeness (QED) is 0.470. The third-order valence-corrected chi connectivity index (χ3v) is 4.83. The number of fused-ring (bicyclic) bond motifs is 1. The molecule has 0 radical (unpaired) electrons. The van der Waals surface area contributed by atoms with Gasteiger partial charge in [-0.3, -0.25) is 4.79 Å². The molecular formula is C23H23N5O. The number of rotatable bonds is 5. The summed E-state index contributed by atoms with van der Waals surface area (Å²) in [5.74, 6) is 0.620. The Morgan fingerprint density at radius 1 is 0.931 bits per heavy atom. The molecule has 0 atom stereocenters. The van der Waals surface area contributed by atoms with Gasteiger partial charge in [-0.2, -0.15) is 0 Å². The second-order valence-corrected chi connectivity index (χ2v) is 7.04. The Morgan fingerprint density at radius 2 is 1.62 bits per heavy atom. The van der Waals surface area contributed by atoms with E-state index >= 15 is 0 Å². The van der Waals surface area contributed by atoms with Crippen molar-refractivity contribution in [2.45, 2.75) is 0 Å². The number of imidazole rings is 1. The molecule has 0 unspecified atom stereocenters. The zero-order valence-corrected chi connectivity index (χ0v) is 16.7. The normalized spacial score (nSPS) is 10.7. The van der Waals surface area contributed by atoms with Crippen LogP contribution in [0.3, 0.4) is 0 Å². The molecule has 4 rings (SSSR count). The van der Waals surface area contributed by atoms with E-state index in [1.54, 1.807) is 12.1 Å². The van der Waals surface area contributed by atoms with E-state index in [4.69, 9.17) is 0 Å². The second-order valence-electron chi connectivity index (χ2n) is 7.04. The van der Waals surface area contributed by atoms with Gasteiger partial charge < -0.3 is 20.5 Å². The maximum Gasteiger partial charge on any atom is 0.255 e. The number of anilines is 3. The highest BCUT2D eigenvalue weighted by molar-refractivity contribution is 6.06. The van der Waals surface area contributed by atoms with Crippen LogP contribution in [0.4, 0.5) is 17.1 Å². The number of hydrogen-bond acceptors (Lipinski definition) is 4. The number of carbonyl (C=O) groups is 1. The van der Waals surface area contributed by atoms with E-state index in [1.165, 1.54) is 0 Å². The van der Waals surface area contributed by atoms with Crippen LogP contribution in [0.25, 0.3) is 22.4 Å². The molecule has 3 aromatic carbocycles. The van der Waals surface area contributed by atoms with Crippen LogP contribution in [0, 0.1) is 0 Å². The standard InChI is InChI=1S/C23H23N5O/c1-24-17-7-9-18(10-8-17)25-23(29)16-6-13-20-21(14-16)27-22(26-20)15-4-11-19(12-5-15)28(2)3/h4-14,24H,1-3H3,(H,25,29)(H,26,27). The summed E-state index contributed by atoms with van der Waals surface area (Å²) >= 11 is 0. The van der Waals surface area contributed by atoms with Crippen LogP contribution >= 0.6 is 0 Å². The van der Waals surface area contributed by atoms with Gasteiger partial charge in [-0.05, 0) is 66.7 Å². The molecule has 0 aliphatic heterocycles. The molecule has 1 amide bonds. The van der Waals surface area contributed by atoms with Crippen molar-refractivity contribution in [1.82, 2.24) is 9.97 Å². The molecule has 1 heterocycles. The molecule has 6 nitrogen and oxygen atoms in total. The SMILES string of the molecule is CNc1ccc(NC(=O)c2ccc3[nH]c(-c4ccc(N(C)C)cc4)nc3c2)cc1. The van der Waals surface area contributed by atoms with Gasteiger partial charge in [0, 0.05) is 49.3 Å². The number of nitrogens with zero attached hydrogens (tertiary/aromatic N) is 2. The Bertz CT molecular complexity index is 1140. The third-order valence-electron chi connectivity index (χ3n) is 4.83. The molecule has 146 valence electrons. The summed E-state index contributed by atoms with van der Waals surface area (Å²) in [5.41, 5.74) is 6.09. The highest BCUT2D eigenvalue weighted by Gasteiger charge is 2.11. The lowest BCUT2D eigenvalue weighted by Gasteiger charge is -2.11. The van der Waals surface area contributed by atoms with Crippen molar-refractivity contribution in [2.75, 3.05) is 36.7 Å². The molecule has 1 aromatic heterocycles. The Morgan fingerprint density at radius 3 is 2.28 bits per heavy atom. The number of hydrogen-bond donors (Lipinski definition) is 3. The molecule has 29 heavy (non-hydrogen) atoms. The maximum absolute atomic E-state index is 12.6. The molecule has 0 bridgehead atoms. The van der Waals surface area contributed by atoms with Crippen molar-refractivity contribution < 1.29 is 4.79 Å². The first-order valence-corrected chi connectivity index (χ1v) is 9.40. The van der Waals surface area contributed by atoms with E-state index in [2.05, 4.69) is 37.6 Å². The largest absolute Gasteiger partial charge is 0.388 e. The summed E-state index contributed by atoms with van der Waals surface area (Å²) < 4.78 is 0. The fourth-order valence-corrected chi connectivity index (χ4v) is 3.12. The number of aromatic amines is 1. The van der Waals surface area contributed by atoms with E-state index < -0.39 is 0 Å². The summed E-state index contributed by atoms with van der Waals surface area (Å²) in [5, 5.41) is 5.98. The monoisotopic (exact) mass is 385 g/mol. The Kier molecular flexibility index (Phi) is 4.91. The number of aromatic nitrogens is 2. The van der Waals surface area contributed by atoms with E-state index in [0.29, 0.717) is 5.56 Å². The molecule has 0 aliphatic carbocycles. The zero-order valence-electron chi connectivity index (χ0n) is 16.7. The smallest absolute Gasteiger partial charge is 0.255 e. The third kappa shape index (κ3) is 3.91. The highest BCUT2D eigenvalue weighted by Crippen LogP contribution is 2.24. The maximum atomic E-state index is 12.6. The lowest BCUT2D eigenvalue weighted by atomic mass is 10.2. The number of carbonyl (C=O) groups excluding carboxylic acids is 1. The van der Waals surface area contributed by atoms with Crippen molar-refractivity contribution in [3.63, 3.8) is 0 Å². The minimum Gasteiger partial charge on any atom is -0.388 e. The molecule has 0 fully saturated rings. The number of nitrogens with one attached hydrogen (secondary N) is 3. The Balaban J connectivity index is 1.56. The van der Waals surface area contributed by atoms with Gasteiger partial charge in [0.2, 0.25) is 0 Å². The summed E-state index contributed by atoms with van der Waals surface area (Å²) in [6.45, 7) is 0. The lowest BCUT2D eigenvalue weighted by molar-refractivity contribution is 0.102.